The summed E-state index contributed by atoms with van der Waals surface area (Å²) in [7, 11) is 1.60. The van der Waals surface area contributed by atoms with E-state index in [-0.39, 0.29) is 5.91 Å². The molecule has 0 saturated carbocycles. The number of hydrogen-bond donors (Lipinski definition) is 0. The number of hydrogen-bond acceptors (Lipinski definition) is 4. The standard InChI is InChI=1S/C16H21N5O3/c1-16(2,3)19(5)21(23)18-24-14-9-10-20(15(14)22)13-8-6-7-12(11-13)17-4/h6-8,11,14H,9-10H2,1-3,5H3/b21-18+. The maximum absolute atomic E-state index is 12.4. The molecule has 0 bridgehead atoms. The minimum absolute atomic E-state index is 0.271. The average Bonchev–Trinajstić information content (AvgIpc) is 2.91. The number of hydrazine groups is 1. The summed E-state index contributed by atoms with van der Waals surface area (Å²) in [6.45, 7) is 13.1. The third kappa shape index (κ3) is 3.74. The molecule has 1 saturated heterocycles. The monoisotopic (exact) mass is 331 g/mol. The second kappa shape index (κ2) is 6.74. The van der Waals surface area contributed by atoms with Crippen LogP contribution in [0.3, 0.4) is 0 Å². The van der Waals surface area contributed by atoms with Crippen LogP contribution in [0.15, 0.2) is 29.5 Å². The molecule has 0 aromatic heterocycles. The van der Waals surface area contributed by atoms with Crippen molar-refractivity contribution in [3.8, 4) is 0 Å². The van der Waals surface area contributed by atoms with Crippen LogP contribution < -0.4 is 4.90 Å². The zero-order valence-electron chi connectivity index (χ0n) is 14.3. The highest BCUT2D eigenvalue weighted by atomic mass is 16.7. The van der Waals surface area contributed by atoms with Crippen molar-refractivity contribution >= 4 is 17.3 Å². The van der Waals surface area contributed by atoms with Gasteiger partial charge in [0.15, 0.2) is 5.69 Å². The van der Waals surface area contributed by atoms with Crippen molar-refractivity contribution in [3.05, 3.63) is 40.9 Å². The first-order valence-electron chi connectivity index (χ1n) is 7.60. The molecular weight excluding hydrogens is 310 g/mol. The van der Waals surface area contributed by atoms with E-state index in [1.807, 2.05) is 20.8 Å². The van der Waals surface area contributed by atoms with Gasteiger partial charge in [-0.3, -0.25) is 4.79 Å². The molecule has 0 radical (unpaired) electrons. The van der Waals surface area contributed by atoms with Crippen molar-refractivity contribution < 1.29 is 14.6 Å². The van der Waals surface area contributed by atoms with E-state index >= 15 is 0 Å². The van der Waals surface area contributed by atoms with Crippen LogP contribution in [-0.2, 0) is 9.63 Å². The Hall–Kier alpha value is -2.82. The van der Waals surface area contributed by atoms with Crippen LogP contribution in [0.25, 0.3) is 4.85 Å². The number of amides is 1. The Labute approximate surface area is 141 Å². The van der Waals surface area contributed by atoms with Gasteiger partial charge in [-0.2, -0.15) is 0 Å². The molecule has 8 heteroatoms. The summed E-state index contributed by atoms with van der Waals surface area (Å²) in [6, 6.07) is 6.82. The molecule has 1 atom stereocenters. The Morgan fingerprint density at radius 1 is 1.50 bits per heavy atom. The Balaban J connectivity index is 2.05. The van der Waals surface area contributed by atoms with Crippen LogP contribution in [0, 0.1) is 11.8 Å². The molecule has 2 rings (SSSR count). The minimum Gasteiger partial charge on any atom is -0.569 e. The predicted octanol–water partition coefficient (Wildman–Crippen LogP) is 2.88. The smallest absolute Gasteiger partial charge is 0.271 e. The van der Waals surface area contributed by atoms with Crippen LogP contribution in [0.1, 0.15) is 27.2 Å². The van der Waals surface area contributed by atoms with E-state index in [2.05, 4.69) is 10.1 Å². The van der Waals surface area contributed by atoms with Crippen LogP contribution >= 0.6 is 0 Å². The second-order valence-corrected chi connectivity index (χ2v) is 6.53. The minimum atomic E-state index is -0.800. The number of nitrogens with zero attached hydrogens (tertiary/aromatic N) is 5. The van der Waals surface area contributed by atoms with E-state index < -0.39 is 11.6 Å². The van der Waals surface area contributed by atoms with Crippen LogP contribution in [0.4, 0.5) is 11.4 Å². The summed E-state index contributed by atoms with van der Waals surface area (Å²) in [5.74, 6) is -0.271. The molecule has 1 unspecified atom stereocenters. The van der Waals surface area contributed by atoms with E-state index in [1.165, 1.54) is 9.91 Å². The van der Waals surface area contributed by atoms with E-state index in [0.717, 1.165) is 0 Å². The fourth-order valence-corrected chi connectivity index (χ4v) is 2.15. The largest absolute Gasteiger partial charge is 0.569 e. The van der Waals surface area contributed by atoms with Crippen molar-refractivity contribution in [3.63, 3.8) is 0 Å². The lowest BCUT2D eigenvalue weighted by Gasteiger charge is -2.26. The molecule has 1 aromatic rings. The van der Waals surface area contributed by atoms with Gasteiger partial charge in [-0.15, -0.1) is 5.01 Å². The van der Waals surface area contributed by atoms with Gasteiger partial charge in [0.1, 0.15) is 0 Å². The van der Waals surface area contributed by atoms with Gasteiger partial charge in [0, 0.05) is 18.7 Å². The molecule has 0 spiro atoms. The summed E-state index contributed by atoms with van der Waals surface area (Å²) < 4.78 is 0. The lowest BCUT2D eigenvalue weighted by Crippen LogP contribution is -2.42. The molecule has 1 heterocycles. The van der Waals surface area contributed by atoms with Gasteiger partial charge in [0.05, 0.1) is 24.1 Å². The normalized spacial score (nSPS) is 18.5. The number of anilines is 1. The van der Waals surface area contributed by atoms with Gasteiger partial charge in [-0.05, 0) is 32.9 Å². The van der Waals surface area contributed by atoms with Gasteiger partial charge in [0.25, 0.3) is 5.91 Å². The van der Waals surface area contributed by atoms with Gasteiger partial charge in [0.2, 0.25) is 11.4 Å². The summed E-state index contributed by atoms with van der Waals surface area (Å²) in [5.41, 5.74) is 0.692. The Bertz CT molecular complexity index is 690. The molecular formula is C16H21N5O3. The third-order valence-electron chi connectivity index (χ3n) is 3.90. The van der Waals surface area contributed by atoms with Gasteiger partial charge in [-0.1, -0.05) is 12.1 Å². The summed E-state index contributed by atoms with van der Waals surface area (Å²) in [6.07, 6.45) is -0.371. The third-order valence-corrected chi connectivity index (χ3v) is 3.90. The Morgan fingerprint density at radius 3 is 2.83 bits per heavy atom. The number of benzene rings is 1. The summed E-state index contributed by atoms with van der Waals surface area (Å²) in [4.78, 5) is 22.8. The molecule has 1 aromatic carbocycles. The number of carbonyl (C=O) groups is 1. The molecule has 1 aliphatic heterocycles. The highest BCUT2D eigenvalue weighted by Gasteiger charge is 2.36. The van der Waals surface area contributed by atoms with Crippen molar-refractivity contribution in [1.82, 2.24) is 5.01 Å². The summed E-state index contributed by atoms with van der Waals surface area (Å²) in [5, 5.41) is 16.7. The van der Waals surface area contributed by atoms with Crippen molar-refractivity contribution in [2.75, 3.05) is 18.5 Å². The zero-order valence-corrected chi connectivity index (χ0v) is 14.3. The van der Waals surface area contributed by atoms with Crippen molar-refractivity contribution in [2.45, 2.75) is 38.8 Å². The van der Waals surface area contributed by atoms with Gasteiger partial charge < -0.3 is 14.9 Å². The molecule has 0 aliphatic carbocycles. The fraction of sp³-hybridized carbons (Fsp3) is 0.500. The second-order valence-electron chi connectivity index (χ2n) is 6.53. The fourth-order valence-electron chi connectivity index (χ4n) is 2.15. The maximum Gasteiger partial charge on any atom is 0.271 e. The van der Waals surface area contributed by atoms with Crippen molar-refractivity contribution in [1.29, 1.82) is 0 Å². The lowest BCUT2D eigenvalue weighted by atomic mass is 10.1. The van der Waals surface area contributed by atoms with E-state index in [9.17, 15) is 10.0 Å². The molecule has 128 valence electrons. The maximum atomic E-state index is 12.4. The van der Waals surface area contributed by atoms with E-state index in [4.69, 9.17) is 11.4 Å². The first-order valence-corrected chi connectivity index (χ1v) is 7.60. The Morgan fingerprint density at radius 2 is 2.21 bits per heavy atom. The predicted molar refractivity (Wildman–Crippen MR) is 88.1 cm³/mol. The molecule has 1 aliphatic rings. The Kier molecular flexibility index (Phi) is 4.93. The first-order chi connectivity index (χ1) is 11.2. The van der Waals surface area contributed by atoms with E-state index in [1.54, 1.807) is 31.3 Å². The zero-order chi connectivity index (χ0) is 17.9. The molecule has 0 N–H and O–H groups in total. The molecule has 8 nitrogen and oxygen atoms in total. The van der Waals surface area contributed by atoms with Gasteiger partial charge >= 0.3 is 0 Å². The van der Waals surface area contributed by atoms with E-state index in [0.29, 0.717) is 29.3 Å². The van der Waals surface area contributed by atoms with Crippen LogP contribution in [0.5, 0.6) is 0 Å². The highest BCUT2D eigenvalue weighted by Crippen LogP contribution is 2.27. The van der Waals surface area contributed by atoms with Gasteiger partial charge in [-0.25, -0.2) is 4.85 Å². The topological polar surface area (TPSA) is 75.6 Å². The van der Waals surface area contributed by atoms with Crippen LogP contribution in [0.2, 0.25) is 0 Å². The highest BCUT2D eigenvalue weighted by molar-refractivity contribution is 5.99. The van der Waals surface area contributed by atoms with Crippen LogP contribution in [-0.4, -0.2) is 41.1 Å². The summed E-state index contributed by atoms with van der Waals surface area (Å²) >= 11 is 0. The first kappa shape index (κ1) is 17.5. The molecule has 1 amide bonds. The molecule has 1 fully saturated rings. The SMILES string of the molecule is [C-]#[N+]c1cccc(N2CCC(O/N=[N+](/[O-])N(C)C(C)(C)C)C2=O)c1. The lowest BCUT2D eigenvalue weighted by molar-refractivity contribution is -0.720. The average molecular weight is 331 g/mol. The van der Waals surface area contributed by atoms with Crippen molar-refractivity contribution in [2.24, 2.45) is 5.28 Å². The number of rotatable bonds is 4. The number of carbonyl (C=O) groups excluding carboxylic acids is 1. The quantitative estimate of drug-likeness (QED) is 0.368. The molecule has 24 heavy (non-hydrogen) atoms.